The van der Waals surface area contributed by atoms with Crippen LogP contribution in [0.2, 0.25) is 0 Å². The van der Waals surface area contributed by atoms with Crippen LogP contribution in [0.3, 0.4) is 0 Å². The van der Waals surface area contributed by atoms with Crippen LogP contribution in [0, 0.1) is 62.6 Å². The molecule has 17 nitrogen and oxygen atoms in total. The molecule has 2 unspecified atom stereocenters. The highest BCUT2D eigenvalue weighted by Crippen LogP contribution is 2.44. The minimum absolute atomic E-state index is 0.00870. The fourth-order valence-electron chi connectivity index (χ4n) is 13.2. The maximum atomic E-state index is 15.6. The molecule has 4 aliphatic heterocycles. The van der Waals surface area contributed by atoms with E-state index in [1.807, 2.05) is 13.8 Å². The van der Waals surface area contributed by atoms with Gasteiger partial charge in [0.1, 0.15) is 34.9 Å². The zero-order valence-corrected chi connectivity index (χ0v) is 60.5. The fraction of sp³-hybridized carbons (Fsp3) is 0.338. The standard InChI is InChI=1S/C26H29F4N3O3S.C25H23F4N3O2S.C23H20F4N4O2S/c1-15-11-17(8-10-22(15)27)31-24(34)16-7-9-23(28)21(12-16)26(29,30)25(35)33-19-5-4-6-20(33)14-18(13-19)32-37(2,3)36;1-13-9-16(6-8-18(13)26)31-22(33)15-5-7-19(27)17(10-15)25(28,29)23(34)32-11-20-21(24(3,4)12-32)30-14(2)35-20;1-12-10-14(3-5-16(12)24)29-20(32)13-2-4-17(25)15(11-13)23(26,27)21(33)31-8-6-18-19(7-9-31)34-22(28)30-18/h7-12,18-20H,2,4-6,13-14H2,1,3H3,(H,31,34)(H,32,36);5-10H,11-12H2,1-4H3,(H,31,33);2-5,10-11H,6-9H2,1H3,(H2,28,30)(H,29,32)/t18?,19-,20+,37?;;. The van der Waals surface area contributed by atoms with Gasteiger partial charge in [0.05, 0.1) is 39.6 Å². The molecule has 12 rings (SSSR count). The Balaban J connectivity index is 0.000000170. The Hall–Kier alpha value is -9.66. The Morgan fingerprint density at radius 1 is 0.547 bits per heavy atom. The number of carbonyl (C=O) groups excluding carboxylic acids is 6. The summed E-state index contributed by atoms with van der Waals surface area (Å²) < 4.78 is 191. The van der Waals surface area contributed by atoms with E-state index in [0.29, 0.717) is 72.1 Å². The van der Waals surface area contributed by atoms with E-state index in [9.17, 15) is 59.3 Å². The molecule has 4 atom stereocenters. The monoisotopic (exact) mass is 1540 g/mol. The van der Waals surface area contributed by atoms with Crippen molar-refractivity contribution in [3.63, 3.8) is 0 Å². The summed E-state index contributed by atoms with van der Waals surface area (Å²) in [4.78, 5) is 90.1. The maximum absolute atomic E-state index is 15.6. The number of hydrogen-bond acceptors (Lipinski definition) is 12. The third-order valence-corrected chi connectivity index (χ3v) is 21.1. The van der Waals surface area contributed by atoms with E-state index in [1.165, 1.54) is 86.1 Å². The molecule has 0 saturated carbocycles. The highest BCUT2D eigenvalue weighted by atomic mass is 32.2. The number of hydrogen-bond donors (Lipinski definition) is 5. The molecule has 2 aromatic heterocycles. The van der Waals surface area contributed by atoms with E-state index in [2.05, 4.69) is 36.5 Å². The number of carbonyl (C=O) groups is 6. The Morgan fingerprint density at radius 2 is 0.943 bits per heavy atom. The summed E-state index contributed by atoms with van der Waals surface area (Å²) in [6.07, 6.45) is 4.46. The molecule has 106 heavy (non-hydrogen) atoms. The lowest BCUT2D eigenvalue weighted by Crippen LogP contribution is -2.61. The van der Waals surface area contributed by atoms with Crippen molar-refractivity contribution in [2.45, 2.75) is 134 Å². The van der Waals surface area contributed by atoms with Crippen LogP contribution in [0.1, 0.15) is 137 Å². The predicted octanol–water partition coefficient (Wildman–Crippen LogP) is 14.4. The normalized spacial score (nSPS) is 17.5. The van der Waals surface area contributed by atoms with Crippen LogP contribution in [0.25, 0.3) is 0 Å². The van der Waals surface area contributed by atoms with E-state index in [-0.39, 0.29) is 89.1 Å². The van der Waals surface area contributed by atoms with Crippen LogP contribution < -0.4 is 26.4 Å². The van der Waals surface area contributed by atoms with Crippen LogP contribution in [-0.4, -0.2) is 114 Å². The Labute approximate surface area is 610 Å². The molecule has 2 saturated heterocycles. The number of amides is 6. The lowest BCUT2D eigenvalue weighted by Gasteiger charge is -2.49. The largest absolute Gasteiger partial charge is 0.375 e. The third-order valence-electron chi connectivity index (χ3n) is 18.3. The van der Waals surface area contributed by atoms with E-state index in [4.69, 9.17) is 5.73 Å². The van der Waals surface area contributed by atoms with Crippen molar-refractivity contribution < 1.29 is 85.7 Å². The molecule has 32 heteroatoms. The number of nitrogen functional groups attached to an aromatic ring is 1. The highest BCUT2D eigenvalue weighted by molar-refractivity contribution is 7.97. The van der Waals surface area contributed by atoms with Gasteiger partial charge in [0.15, 0.2) is 5.13 Å². The molecule has 0 spiro atoms. The topological polar surface area (TPSA) is 229 Å². The van der Waals surface area contributed by atoms with Gasteiger partial charge in [-0.2, -0.15) is 26.3 Å². The number of nitrogens with one attached hydrogen (secondary N) is 4. The van der Waals surface area contributed by atoms with Gasteiger partial charge in [0.25, 0.3) is 35.4 Å². The van der Waals surface area contributed by atoms with E-state index in [1.54, 1.807) is 6.92 Å². The summed E-state index contributed by atoms with van der Waals surface area (Å²) in [5, 5.41) is 8.54. The molecule has 4 aliphatic rings. The number of alkyl halides is 6. The quantitative estimate of drug-likeness (QED) is 0.0511. The van der Waals surface area contributed by atoms with E-state index < -0.39 is 132 Å². The van der Waals surface area contributed by atoms with Crippen LogP contribution >= 0.6 is 22.7 Å². The zero-order valence-electron chi connectivity index (χ0n) is 58.0. The smallest absolute Gasteiger partial charge is 0.352 e. The molecule has 562 valence electrons. The second-order valence-electron chi connectivity index (χ2n) is 27.1. The summed E-state index contributed by atoms with van der Waals surface area (Å²) in [6.45, 7) is 9.86. The minimum Gasteiger partial charge on any atom is -0.375 e. The highest BCUT2D eigenvalue weighted by Gasteiger charge is 2.54. The van der Waals surface area contributed by atoms with Crippen molar-refractivity contribution in [1.29, 1.82) is 0 Å². The molecule has 6 N–H and O–H groups in total. The van der Waals surface area contributed by atoms with Gasteiger partial charge in [-0.1, -0.05) is 13.8 Å². The van der Waals surface area contributed by atoms with Crippen molar-refractivity contribution in [2.24, 2.45) is 0 Å². The van der Waals surface area contributed by atoms with Crippen molar-refractivity contribution >= 4 is 95.9 Å². The maximum Gasteiger partial charge on any atom is 0.352 e. The summed E-state index contributed by atoms with van der Waals surface area (Å²) in [5.74, 6) is -21.4. The first kappa shape index (κ1) is 78.9. The summed E-state index contributed by atoms with van der Waals surface area (Å²) in [5.41, 5.74) is 3.64. The first-order chi connectivity index (χ1) is 49.6. The van der Waals surface area contributed by atoms with Gasteiger partial charge < -0.3 is 36.4 Å². The molecule has 0 radical (unpaired) electrons. The molecular weight excluding hydrogens is 1470 g/mol. The number of rotatable bonds is 14. The van der Waals surface area contributed by atoms with Gasteiger partial charge in [-0.05, 0) is 192 Å². The molecular formula is C74H72F12N10O7S3. The van der Waals surface area contributed by atoms with Gasteiger partial charge in [0.2, 0.25) is 0 Å². The summed E-state index contributed by atoms with van der Waals surface area (Å²) in [7, 11) is -2.52. The average Bonchev–Trinajstić information content (AvgIpc) is 1.08. The van der Waals surface area contributed by atoms with Crippen molar-refractivity contribution in [2.75, 3.05) is 47.6 Å². The van der Waals surface area contributed by atoms with Crippen LogP contribution in [0.5, 0.6) is 0 Å². The molecule has 2 fully saturated rings. The van der Waals surface area contributed by atoms with Gasteiger partial charge >= 0.3 is 17.8 Å². The number of aromatic nitrogens is 2. The summed E-state index contributed by atoms with van der Waals surface area (Å²) >= 11 is 2.58. The van der Waals surface area contributed by atoms with Crippen molar-refractivity contribution in [3.8, 4) is 0 Å². The fourth-order valence-corrected chi connectivity index (χ4v) is 16.1. The first-order valence-electron chi connectivity index (χ1n) is 33.1. The van der Waals surface area contributed by atoms with Gasteiger partial charge in [-0.15, -0.1) is 22.7 Å². The van der Waals surface area contributed by atoms with E-state index in [0.717, 1.165) is 85.2 Å². The van der Waals surface area contributed by atoms with Gasteiger partial charge in [0, 0.05) is 115 Å². The lowest BCUT2D eigenvalue weighted by atomic mass is 9.81. The SMILES string of the molecule is C=S(C)(=O)NC1C[C@H]2CCC[C@@H](C1)N2C(=O)C(F)(F)c1cc(C(=O)Nc2ccc(F)c(C)c2)ccc1F.Cc1cc(NC(=O)c2ccc(F)c(C(F)(F)C(=O)N3CCc4nc(N)sc4CC3)c2)ccc1F.Cc1nc2c(s1)CN(C(=O)C(F)(F)c1cc(C(=O)Nc3ccc(F)c(C)c3)ccc1F)CC2(C)C. The second kappa shape index (κ2) is 31.0. The number of aryl methyl sites for hydroxylation is 4. The van der Waals surface area contributed by atoms with Crippen LogP contribution in [-0.2, 0) is 66.7 Å². The number of nitrogens with zero attached hydrogens (tertiary/aromatic N) is 5. The molecule has 2 bridgehead atoms. The van der Waals surface area contributed by atoms with Crippen LogP contribution in [0.4, 0.5) is 74.9 Å². The zero-order chi connectivity index (χ0) is 77.4. The van der Waals surface area contributed by atoms with Gasteiger partial charge in [-0.3, -0.25) is 33.0 Å². The number of piperidine rings is 2. The molecule has 6 heterocycles. The number of benzene rings is 6. The van der Waals surface area contributed by atoms with E-state index >= 15 is 26.3 Å². The minimum atomic E-state index is -4.22. The summed E-state index contributed by atoms with van der Waals surface area (Å²) in [6, 6.07) is 17.6. The van der Waals surface area contributed by atoms with Crippen LogP contribution in [0.15, 0.2) is 109 Å². The average molecular weight is 1540 g/mol. The second-order valence-corrected chi connectivity index (χ2v) is 31.7. The Kier molecular flexibility index (Phi) is 23.1. The predicted molar refractivity (Wildman–Crippen MR) is 380 cm³/mol. The molecule has 6 amide bonds. The Bertz CT molecular complexity index is 4860. The van der Waals surface area contributed by atoms with Gasteiger partial charge in [-0.25, -0.2) is 41.0 Å². The molecule has 0 aliphatic carbocycles. The number of thiazole rings is 2. The third kappa shape index (κ3) is 17.6. The first-order valence-corrected chi connectivity index (χ1v) is 36.9. The van der Waals surface area contributed by atoms with Crippen molar-refractivity contribution in [1.82, 2.24) is 29.4 Å². The number of fused-ring (bicyclic) bond motifs is 4. The lowest BCUT2D eigenvalue weighted by molar-refractivity contribution is -0.170. The molecule has 6 aromatic carbocycles. The molecule has 8 aromatic rings. The Morgan fingerprint density at radius 3 is 1.36 bits per heavy atom. The number of anilines is 4. The number of nitrogens with two attached hydrogens (primary N) is 1. The number of halogens is 12. The van der Waals surface area contributed by atoms with Crippen molar-refractivity contribution in [3.05, 3.63) is 220 Å².